The van der Waals surface area contributed by atoms with Crippen LogP contribution >= 0.6 is 0 Å². The van der Waals surface area contributed by atoms with Crippen LogP contribution < -0.4 is 10.5 Å². The van der Waals surface area contributed by atoms with E-state index in [-0.39, 0.29) is 5.91 Å². The van der Waals surface area contributed by atoms with Crippen LogP contribution in [-0.4, -0.2) is 49.5 Å². The Balaban J connectivity index is 2.07. The van der Waals surface area contributed by atoms with Gasteiger partial charge in [-0.05, 0) is 6.07 Å². The number of nitrogens with two attached hydrogens (primary N) is 1. The molecule has 1 fully saturated rings. The molecule has 1 amide bonds. The van der Waals surface area contributed by atoms with Crippen LogP contribution in [0.3, 0.4) is 0 Å². The Morgan fingerprint density at radius 2 is 2.17 bits per heavy atom. The van der Waals surface area contributed by atoms with Gasteiger partial charge in [0.2, 0.25) is 5.91 Å². The van der Waals surface area contributed by atoms with Gasteiger partial charge in [-0.2, -0.15) is 0 Å². The highest BCUT2D eigenvalue weighted by atomic mass is 16.5. The monoisotopic (exact) mass is 249 g/mol. The van der Waals surface area contributed by atoms with Crippen LogP contribution in [-0.2, 0) is 11.3 Å². The molecule has 1 aliphatic rings. The average molecular weight is 249 g/mol. The van der Waals surface area contributed by atoms with Crippen LogP contribution in [0.5, 0.6) is 5.75 Å². The van der Waals surface area contributed by atoms with Gasteiger partial charge in [0.1, 0.15) is 5.75 Å². The lowest BCUT2D eigenvalue weighted by Gasteiger charge is -2.32. The Labute approximate surface area is 107 Å². The number of likely N-dealkylation sites (N-methyl/N-ethyl adjacent to an activating group) is 1. The first kappa shape index (κ1) is 12.7. The Kier molecular flexibility index (Phi) is 3.72. The zero-order chi connectivity index (χ0) is 13.1. The second kappa shape index (κ2) is 5.27. The largest absolute Gasteiger partial charge is 0.496 e. The molecule has 18 heavy (non-hydrogen) atoms. The van der Waals surface area contributed by atoms with E-state index in [4.69, 9.17) is 10.5 Å². The fourth-order valence-electron chi connectivity index (χ4n) is 2.07. The SMILES string of the molecule is COc1cc(N)ccc1CN1CCN(C)C(=O)C1. The maximum Gasteiger partial charge on any atom is 0.236 e. The molecule has 0 radical (unpaired) electrons. The highest BCUT2D eigenvalue weighted by Gasteiger charge is 2.21. The summed E-state index contributed by atoms with van der Waals surface area (Å²) in [5.41, 5.74) is 7.47. The van der Waals surface area contributed by atoms with Crippen LogP contribution in [0.2, 0.25) is 0 Å². The van der Waals surface area contributed by atoms with Crippen molar-refractivity contribution in [2.24, 2.45) is 0 Å². The molecule has 1 heterocycles. The van der Waals surface area contributed by atoms with Gasteiger partial charge in [-0.3, -0.25) is 9.69 Å². The molecule has 2 rings (SSSR count). The van der Waals surface area contributed by atoms with Crippen LogP contribution in [0.1, 0.15) is 5.56 Å². The van der Waals surface area contributed by atoms with Crippen molar-refractivity contribution >= 4 is 11.6 Å². The smallest absolute Gasteiger partial charge is 0.236 e. The van der Waals surface area contributed by atoms with Gasteiger partial charge in [-0.1, -0.05) is 6.07 Å². The van der Waals surface area contributed by atoms with Gasteiger partial charge in [0.15, 0.2) is 0 Å². The number of carbonyl (C=O) groups excluding carboxylic acids is 1. The molecule has 0 saturated carbocycles. The predicted octanol–water partition coefficient (Wildman–Crippen LogP) is 0.551. The van der Waals surface area contributed by atoms with Crippen molar-refractivity contribution in [2.45, 2.75) is 6.54 Å². The molecule has 98 valence electrons. The second-order valence-corrected chi connectivity index (χ2v) is 4.60. The van der Waals surface area contributed by atoms with E-state index in [0.29, 0.717) is 18.8 Å². The number of methoxy groups -OCH3 is 1. The summed E-state index contributed by atoms with van der Waals surface area (Å²) in [6.45, 7) is 2.83. The van der Waals surface area contributed by atoms with Crippen LogP contribution in [0.25, 0.3) is 0 Å². The van der Waals surface area contributed by atoms with E-state index in [1.54, 1.807) is 12.0 Å². The summed E-state index contributed by atoms with van der Waals surface area (Å²) in [5, 5.41) is 0. The summed E-state index contributed by atoms with van der Waals surface area (Å²) in [7, 11) is 3.47. The van der Waals surface area contributed by atoms with Crippen LogP contribution in [0, 0.1) is 0 Å². The minimum absolute atomic E-state index is 0.163. The molecule has 0 aromatic heterocycles. The summed E-state index contributed by atoms with van der Waals surface area (Å²) in [6.07, 6.45) is 0. The van der Waals surface area contributed by atoms with E-state index in [1.807, 2.05) is 25.2 Å². The van der Waals surface area contributed by atoms with Gasteiger partial charge in [-0.15, -0.1) is 0 Å². The van der Waals surface area contributed by atoms with Crippen LogP contribution in [0.4, 0.5) is 5.69 Å². The van der Waals surface area contributed by atoms with Gasteiger partial charge in [0.25, 0.3) is 0 Å². The Morgan fingerprint density at radius 3 is 2.83 bits per heavy atom. The van der Waals surface area contributed by atoms with E-state index in [2.05, 4.69) is 4.90 Å². The molecule has 1 aromatic rings. The summed E-state index contributed by atoms with van der Waals surface area (Å²) in [4.78, 5) is 15.5. The predicted molar refractivity (Wildman–Crippen MR) is 70.3 cm³/mol. The van der Waals surface area contributed by atoms with Crippen molar-refractivity contribution in [1.82, 2.24) is 9.80 Å². The summed E-state index contributed by atoms with van der Waals surface area (Å²) < 4.78 is 5.31. The Bertz CT molecular complexity index is 448. The third kappa shape index (κ3) is 2.73. The number of ether oxygens (including phenoxy) is 1. The van der Waals surface area contributed by atoms with Gasteiger partial charge in [0, 0.05) is 44.0 Å². The zero-order valence-electron chi connectivity index (χ0n) is 10.8. The molecule has 0 spiro atoms. The highest BCUT2D eigenvalue weighted by molar-refractivity contribution is 5.78. The fourth-order valence-corrected chi connectivity index (χ4v) is 2.07. The number of nitrogens with zero attached hydrogens (tertiary/aromatic N) is 2. The highest BCUT2D eigenvalue weighted by Crippen LogP contribution is 2.23. The Hall–Kier alpha value is -1.75. The van der Waals surface area contributed by atoms with Crippen molar-refractivity contribution in [3.63, 3.8) is 0 Å². The summed E-state index contributed by atoms with van der Waals surface area (Å²) >= 11 is 0. The third-order valence-electron chi connectivity index (χ3n) is 3.24. The average Bonchev–Trinajstić information content (AvgIpc) is 2.36. The zero-order valence-corrected chi connectivity index (χ0v) is 10.8. The quantitative estimate of drug-likeness (QED) is 0.795. The maximum absolute atomic E-state index is 11.6. The van der Waals surface area contributed by atoms with Crippen molar-refractivity contribution in [3.05, 3.63) is 23.8 Å². The van der Waals surface area contributed by atoms with Gasteiger partial charge in [-0.25, -0.2) is 0 Å². The number of hydrogen-bond acceptors (Lipinski definition) is 4. The van der Waals surface area contributed by atoms with Crippen molar-refractivity contribution in [2.75, 3.05) is 39.5 Å². The molecule has 1 aromatic carbocycles. The van der Waals surface area contributed by atoms with Crippen molar-refractivity contribution in [3.8, 4) is 5.75 Å². The molecular weight excluding hydrogens is 230 g/mol. The molecule has 0 atom stereocenters. The van der Waals surface area contributed by atoms with Gasteiger partial charge >= 0.3 is 0 Å². The summed E-state index contributed by atoms with van der Waals surface area (Å²) in [6, 6.07) is 5.62. The first-order chi connectivity index (χ1) is 8.60. The van der Waals surface area contributed by atoms with E-state index in [1.165, 1.54) is 0 Å². The molecule has 0 bridgehead atoms. The van der Waals surface area contributed by atoms with Crippen LogP contribution in [0.15, 0.2) is 18.2 Å². The Morgan fingerprint density at radius 1 is 1.39 bits per heavy atom. The van der Waals surface area contributed by atoms with E-state index in [0.717, 1.165) is 24.4 Å². The molecular formula is C13H19N3O2. The number of nitrogen functional groups attached to an aromatic ring is 1. The molecule has 5 heteroatoms. The summed E-state index contributed by atoms with van der Waals surface area (Å²) in [5.74, 6) is 0.942. The third-order valence-corrected chi connectivity index (χ3v) is 3.24. The molecule has 1 saturated heterocycles. The van der Waals surface area contributed by atoms with Gasteiger partial charge < -0.3 is 15.4 Å². The molecule has 2 N–H and O–H groups in total. The molecule has 0 aliphatic carbocycles. The van der Waals surface area contributed by atoms with Gasteiger partial charge in [0.05, 0.1) is 13.7 Å². The number of carbonyl (C=O) groups is 1. The minimum Gasteiger partial charge on any atom is -0.496 e. The molecule has 0 unspecified atom stereocenters. The van der Waals surface area contributed by atoms with E-state index >= 15 is 0 Å². The van der Waals surface area contributed by atoms with E-state index < -0.39 is 0 Å². The standard InChI is InChI=1S/C13H19N3O2/c1-15-5-6-16(9-13(15)17)8-10-3-4-11(14)7-12(10)18-2/h3-4,7H,5-6,8-9,14H2,1-2H3. The number of rotatable bonds is 3. The van der Waals surface area contributed by atoms with Crippen molar-refractivity contribution < 1.29 is 9.53 Å². The normalized spacial score (nSPS) is 17.0. The lowest BCUT2D eigenvalue weighted by Crippen LogP contribution is -2.47. The first-order valence-electron chi connectivity index (χ1n) is 5.99. The molecule has 5 nitrogen and oxygen atoms in total. The number of anilines is 1. The lowest BCUT2D eigenvalue weighted by atomic mass is 10.1. The number of piperazine rings is 1. The number of amides is 1. The second-order valence-electron chi connectivity index (χ2n) is 4.60. The van der Waals surface area contributed by atoms with Crippen molar-refractivity contribution in [1.29, 1.82) is 0 Å². The minimum atomic E-state index is 0.163. The molecule has 1 aliphatic heterocycles. The first-order valence-corrected chi connectivity index (χ1v) is 5.99. The fraction of sp³-hybridized carbons (Fsp3) is 0.462. The number of hydrogen-bond donors (Lipinski definition) is 1. The maximum atomic E-state index is 11.6. The van der Waals surface area contributed by atoms with E-state index in [9.17, 15) is 4.79 Å². The topological polar surface area (TPSA) is 58.8 Å². The number of benzene rings is 1. The lowest BCUT2D eigenvalue weighted by molar-refractivity contribution is -0.134.